The van der Waals surface area contributed by atoms with Gasteiger partial charge in [0.1, 0.15) is 5.71 Å². The van der Waals surface area contributed by atoms with Gasteiger partial charge in [0.25, 0.3) is 0 Å². The van der Waals surface area contributed by atoms with Gasteiger partial charge in [0.15, 0.2) is 0 Å². The number of H-pyrrole nitrogens is 1. The normalized spacial score (nSPS) is 13.3. The molecule has 5 nitrogen and oxygen atoms in total. The Bertz CT molecular complexity index is 430. The number of aromatic amines is 1. The van der Waals surface area contributed by atoms with Crippen molar-refractivity contribution in [3.05, 3.63) is 22.5 Å². The van der Waals surface area contributed by atoms with E-state index in [1.807, 2.05) is 13.8 Å². The van der Waals surface area contributed by atoms with Gasteiger partial charge in [0, 0.05) is 11.3 Å². The molecule has 0 bridgehead atoms. The van der Waals surface area contributed by atoms with Crippen molar-refractivity contribution in [1.29, 1.82) is 0 Å². The van der Waals surface area contributed by atoms with Crippen LogP contribution in [0.5, 0.6) is 0 Å². The van der Waals surface area contributed by atoms with E-state index in [0.717, 1.165) is 22.5 Å². The molecule has 0 spiro atoms. The molecule has 0 fully saturated rings. The van der Waals surface area contributed by atoms with E-state index in [-0.39, 0.29) is 0 Å². The Balaban J connectivity index is 3.39. The number of aryl methyl sites for hydroxylation is 1. The summed E-state index contributed by atoms with van der Waals surface area (Å²) in [6.45, 7) is 7.19. The Morgan fingerprint density at radius 2 is 1.60 bits per heavy atom. The lowest BCUT2D eigenvalue weighted by atomic mass is 10.1. The molecule has 0 aliphatic carbocycles. The predicted octanol–water partition coefficient (Wildman–Crippen LogP) is 2.03. The lowest BCUT2D eigenvalue weighted by Crippen LogP contribution is -2.00. The molecule has 1 aromatic rings. The van der Waals surface area contributed by atoms with E-state index in [2.05, 4.69) is 15.3 Å². The number of nitrogens with one attached hydrogen (secondary N) is 1. The molecular formula is C10H15N3O2. The van der Waals surface area contributed by atoms with E-state index in [0.29, 0.717) is 11.4 Å². The zero-order chi connectivity index (χ0) is 11.6. The van der Waals surface area contributed by atoms with Gasteiger partial charge in [-0.15, -0.1) is 0 Å². The van der Waals surface area contributed by atoms with Crippen molar-refractivity contribution in [3.63, 3.8) is 0 Å². The second-order valence-electron chi connectivity index (χ2n) is 3.50. The highest BCUT2D eigenvalue weighted by atomic mass is 16.4. The summed E-state index contributed by atoms with van der Waals surface area (Å²) in [6, 6.07) is 0. The fraction of sp³-hybridized carbons (Fsp3) is 0.400. The summed E-state index contributed by atoms with van der Waals surface area (Å²) < 4.78 is 0. The van der Waals surface area contributed by atoms with E-state index in [1.54, 1.807) is 13.8 Å². The molecule has 0 radical (unpaired) electrons. The first-order chi connectivity index (χ1) is 7.02. The molecule has 0 unspecified atom stereocenters. The molecule has 0 amide bonds. The monoisotopic (exact) mass is 209 g/mol. The van der Waals surface area contributed by atoms with Gasteiger partial charge in [0.2, 0.25) is 0 Å². The van der Waals surface area contributed by atoms with Crippen LogP contribution in [-0.4, -0.2) is 26.8 Å². The molecule has 0 saturated heterocycles. The molecule has 15 heavy (non-hydrogen) atoms. The SMILES string of the molecule is C/C(=N\O)c1[nH]c(C)c(/C(C)=N/O)c1C. The van der Waals surface area contributed by atoms with E-state index in [4.69, 9.17) is 10.4 Å². The molecular weight excluding hydrogens is 194 g/mol. The van der Waals surface area contributed by atoms with Crippen LogP contribution in [0.3, 0.4) is 0 Å². The molecule has 0 aliphatic heterocycles. The minimum absolute atomic E-state index is 0.507. The standard InChI is InChI=1S/C10H15N3O2/c1-5-9(7(3)12-14)6(2)11-10(5)8(4)13-15/h11,14-15H,1-4H3/b12-7+,13-8+. The summed E-state index contributed by atoms with van der Waals surface area (Å²) in [5, 5.41) is 23.7. The van der Waals surface area contributed by atoms with Crippen molar-refractivity contribution >= 4 is 11.4 Å². The first-order valence-corrected chi connectivity index (χ1v) is 4.60. The van der Waals surface area contributed by atoms with E-state index < -0.39 is 0 Å². The van der Waals surface area contributed by atoms with Gasteiger partial charge in [-0.2, -0.15) is 0 Å². The Morgan fingerprint density at radius 3 is 2.07 bits per heavy atom. The third kappa shape index (κ3) is 1.86. The maximum atomic E-state index is 8.74. The quantitative estimate of drug-likeness (QED) is 0.395. The van der Waals surface area contributed by atoms with Gasteiger partial charge in [-0.25, -0.2) is 0 Å². The van der Waals surface area contributed by atoms with Crippen molar-refractivity contribution in [1.82, 2.24) is 4.98 Å². The minimum Gasteiger partial charge on any atom is -0.411 e. The molecule has 0 aromatic carbocycles. The number of hydrogen-bond donors (Lipinski definition) is 3. The third-order valence-corrected chi connectivity index (χ3v) is 2.46. The predicted molar refractivity (Wildman–Crippen MR) is 58.3 cm³/mol. The van der Waals surface area contributed by atoms with Gasteiger partial charge < -0.3 is 15.4 Å². The van der Waals surface area contributed by atoms with Crippen LogP contribution < -0.4 is 0 Å². The number of aromatic nitrogens is 1. The van der Waals surface area contributed by atoms with Crippen LogP contribution in [0.4, 0.5) is 0 Å². The lowest BCUT2D eigenvalue weighted by Gasteiger charge is -1.99. The van der Waals surface area contributed by atoms with E-state index in [1.165, 1.54) is 0 Å². The number of oxime groups is 2. The summed E-state index contributed by atoms with van der Waals surface area (Å²) >= 11 is 0. The van der Waals surface area contributed by atoms with Crippen LogP contribution in [0.15, 0.2) is 10.3 Å². The largest absolute Gasteiger partial charge is 0.411 e. The highest BCUT2D eigenvalue weighted by Crippen LogP contribution is 2.19. The Morgan fingerprint density at radius 1 is 1.07 bits per heavy atom. The van der Waals surface area contributed by atoms with Crippen LogP contribution in [0.25, 0.3) is 0 Å². The Hall–Kier alpha value is -1.78. The zero-order valence-electron chi connectivity index (χ0n) is 9.29. The summed E-state index contributed by atoms with van der Waals surface area (Å²) in [5.74, 6) is 0. The highest BCUT2D eigenvalue weighted by molar-refractivity contribution is 6.06. The molecule has 3 N–H and O–H groups in total. The molecule has 0 saturated carbocycles. The Labute approximate surface area is 88.1 Å². The average molecular weight is 209 g/mol. The van der Waals surface area contributed by atoms with Crippen LogP contribution in [0.2, 0.25) is 0 Å². The van der Waals surface area contributed by atoms with Gasteiger partial charge in [-0.05, 0) is 33.3 Å². The van der Waals surface area contributed by atoms with Crippen LogP contribution >= 0.6 is 0 Å². The summed E-state index contributed by atoms with van der Waals surface area (Å²) in [7, 11) is 0. The maximum Gasteiger partial charge on any atom is 0.100 e. The number of nitrogens with zero attached hydrogens (tertiary/aromatic N) is 2. The van der Waals surface area contributed by atoms with Crippen molar-refractivity contribution in [3.8, 4) is 0 Å². The molecule has 1 rings (SSSR count). The third-order valence-electron chi connectivity index (χ3n) is 2.46. The summed E-state index contributed by atoms with van der Waals surface area (Å²) in [6.07, 6.45) is 0. The molecule has 1 heterocycles. The molecule has 0 atom stereocenters. The average Bonchev–Trinajstić information content (AvgIpc) is 2.52. The fourth-order valence-corrected chi connectivity index (χ4v) is 1.75. The lowest BCUT2D eigenvalue weighted by molar-refractivity contribution is 0.319. The molecule has 5 heteroatoms. The number of rotatable bonds is 2. The number of hydrogen-bond acceptors (Lipinski definition) is 4. The van der Waals surface area contributed by atoms with Crippen molar-refractivity contribution in [2.24, 2.45) is 10.3 Å². The first-order valence-electron chi connectivity index (χ1n) is 4.60. The fourth-order valence-electron chi connectivity index (χ4n) is 1.75. The van der Waals surface area contributed by atoms with Gasteiger partial charge >= 0.3 is 0 Å². The van der Waals surface area contributed by atoms with Gasteiger partial charge in [0.05, 0.1) is 11.4 Å². The summed E-state index contributed by atoms with van der Waals surface area (Å²) in [5.41, 5.74) is 4.47. The second kappa shape index (κ2) is 4.16. The van der Waals surface area contributed by atoms with Crippen LogP contribution in [0, 0.1) is 13.8 Å². The first kappa shape index (κ1) is 11.3. The zero-order valence-corrected chi connectivity index (χ0v) is 9.29. The highest BCUT2D eigenvalue weighted by Gasteiger charge is 2.15. The van der Waals surface area contributed by atoms with E-state index >= 15 is 0 Å². The van der Waals surface area contributed by atoms with Crippen LogP contribution in [0.1, 0.15) is 36.4 Å². The van der Waals surface area contributed by atoms with E-state index in [9.17, 15) is 0 Å². The molecule has 1 aromatic heterocycles. The topological polar surface area (TPSA) is 81.0 Å². The molecule has 82 valence electrons. The van der Waals surface area contributed by atoms with Crippen molar-refractivity contribution in [2.45, 2.75) is 27.7 Å². The van der Waals surface area contributed by atoms with Gasteiger partial charge in [-0.1, -0.05) is 10.3 Å². The second-order valence-corrected chi connectivity index (χ2v) is 3.50. The maximum absolute atomic E-state index is 8.74. The minimum atomic E-state index is 0.507. The van der Waals surface area contributed by atoms with Crippen molar-refractivity contribution in [2.75, 3.05) is 0 Å². The smallest absolute Gasteiger partial charge is 0.100 e. The molecule has 0 aliphatic rings. The summed E-state index contributed by atoms with van der Waals surface area (Å²) in [4.78, 5) is 3.10. The van der Waals surface area contributed by atoms with Crippen LogP contribution in [-0.2, 0) is 0 Å². The Kier molecular flexibility index (Phi) is 3.14. The van der Waals surface area contributed by atoms with Crippen molar-refractivity contribution < 1.29 is 10.4 Å². The van der Waals surface area contributed by atoms with Gasteiger partial charge in [-0.3, -0.25) is 0 Å².